The summed E-state index contributed by atoms with van der Waals surface area (Å²) in [6.45, 7) is 12.0. The summed E-state index contributed by atoms with van der Waals surface area (Å²) in [4.78, 5) is 19.4. The van der Waals surface area contributed by atoms with E-state index in [0.717, 1.165) is 48.4 Å². The Bertz CT molecular complexity index is 955. The summed E-state index contributed by atoms with van der Waals surface area (Å²) < 4.78 is 1.57. The number of H-pyrrole nitrogens is 1. The maximum absolute atomic E-state index is 12.2. The summed E-state index contributed by atoms with van der Waals surface area (Å²) in [5.74, 6) is 0.498. The zero-order valence-electron chi connectivity index (χ0n) is 16.9. The summed E-state index contributed by atoms with van der Waals surface area (Å²) >= 11 is 0. The Balaban J connectivity index is 0.00000136. The average molecular weight is 383 g/mol. The smallest absolute Gasteiger partial charge is 0.354 e. The van der Waals surface area contributed by atoms with Gasteiger partial charge < -0.3 is 21.4 Å². The van der Waals surface area contributed by atoms with E-state index in [4.69, 9.17) is 5.73 Å². The van der Waals surface area contributed by atoms with E-state index in [0.29, 0.717) is 11.5 Å². The minimum Gasteiger partial charge on any atom is -0.386 e. The molecule has 0 atom stereocenters. The topological polar surface area (TPSA) is 101 Å². The number of fused-ring (bicyclic) bond motifs is 1. The fourth-order valence-corrected chi connectivity index (χ4v) is 2.79. The van der Waals surface area contributed by atoms with Crippen LogP contribution in [0.3, 0.4) is 0 Å². The van der Waals surface area contributed by atoms with E-state index >= 15 is 0 Å². The van der Waals surface area contributed by atoms with Crippen LogP contribution in [0.1, 0.15) is 31.5 Å². The Labute approximate surface area is 165 Å². The van der Waals surface area contributed by atoms with Crippen molar-refractivity contribution in [2.24, 2.45) is 5.73 Å². The van der Waals surface area contributed by atoms with Gasteiger partial charge in [-0.2, -0.15) is 4.98 Å². The number of hydrogen-bond acceptors (Lipinski definition) is 5. The molecule has 3 rings (SSSR count). The predicted octanol–water partition coefficient (Wildman–Crippen LogP) is 2.55. The lowest BCUT2D eigenvalue weighted by molar-refractivity contribution is 0.625. The van der Waals surface area contributed by atoms with Crippen LogP contribution in [-0.4, -0.2) is 27.6 Å². The Kier molecular flexibility index (Phi) is 7.83. The van der Waals surface area contributed by atoms with Crippen molar-refractivity contribution in [2.45, 2.75) is 33.7 Å². The van der Waals surface area contributed by atoms with Crippen molar-refractivity contribution in [1.29, 1.82) is 0 Å². The first-order valence-corrected chi connectivity index (χ1v) is 9.60. The summed E-state index contributed by atoms with van der Waals surface area (Å²) in [5, 5.41) is 7.29. The first-order valence-electron chi connectivity index (χ1n) is 9.60. The highest BCUT2D eigenvalue weighted by atomic mass is 16.1. The lowest BCUT2D eigenvalue weighted by Crippen LogP contribution is -2.24. The molecule has 0 radical (unpaired) electrons. The summed E-state index contributed by atoms with van der Waals surface area (Å²) in [5.41, 5.74) is 8.72. The molecule has 2 aromatic heterocycles. The van der Waals surface area contributed by atoms with Crippen molar-refractivity contribution in [3.05, 3.63) is 70.7 Å². The molecular weight excluding hydrogens is 352 g/mol. The van der Waals surface area contributed by atoms with E-state index in [9.17, 15) is 4.79 Å². The first kappa shape index (κ1) is 21.2. The Morgan fingerprint density at radius 1 is 1.25 bits per heavy atom. The molecule has 0 saturated carbocycles. The van der Waals surface area contributed by atoms with E-state index in [1.807, 2.05) is 57.3 Å². The molecule has 28 heavy (non-hydrogen) atoms. The Morgan fingerprint density at radius 3 is 2.64 bits per heavy atom. The van der Waals surface area contributed by atoms with Gasteiger partial charge in [0.05, 0.1) is 11.5 Å². The van der Waals surface area contributed by atoms with Gasteiger partial charge in [0.1, 0.15) is 5.65 Å². The van der Waals surface area contributed by atoms with Crippen LogP contribution in [0.25, 0.3) is 16.7 Å². The summed E-state index contributed by atoms with van der Waals surface area (Å²) in [6, 6.07) is 9.88. The highest BCUT2D eigenvalue weighted by Crippen LogP contribution is 2.13. The minimum atomic E-state index is -0.292. The molecule has 0 aliphatic carbocycles. The molecule has 0 bridgehead atoms. The molecule has 0 saturated heterocycles. The van der Waals surface area contributed by atoms with Crippen LogP contribution in [0.2, 0.25) is 0 Å². The molecule has 0 fully saturated rings. The molecule has 7 heteroatoms. The van der Waals surface area contributed by atoms with Crippen LogP contribution in [0.4, 0.5) is 0 Å². The van der Waals surface area contributed by atoms with Crippen LogP contribution in [0.5, 0.6) is 0 Å². The van der Waals surface area contributed by atoms with Gasteiger partial charge in [0, 0.05) is 30.4 Å². The zero-order valence-corrected chi connectivity index (χ0v) is 16.9. The van der Waals surface area contributed by atoms with Gasteiger partial charge in [-0.3, -0.25) is 4.57 Å². The standard InChI is InChI=1S/C19H24N6O.C2H6/c1-13-10-16-12-25(19(26)24-18(16)23-13)17-6-4-15(5-7-17)11-21-8-3-9-22-14(2)20;1-2/h4-7,10,12,21-22H,2-3,8-9,11,20H2,1H3,(H,23,24,26);1-2H3. The maximum Gasteiger partial charge on any atom is 0.354 e. The monoisotopic (exact) mass is 382 g/mol. The van der Waals surface area contributed by atoms with Gasteiger partial charge in [0.25, 0.3) is 0 Å². The Hall–Kier alpha value is -3.06. The highest BCUT2D eigenvalue weighted by Gasteiger charge is 2.06. The van der Waals surface area contributed by atoms with E-state index in [2.05, 4.69) is 27.2 Å². The van der Waals surface area contributed by atoms with Gasteiger partial charge >= 0.3 is 5.69 Å². The van der Waals surface area contributed by atoms with Crippen LogP contribution in [0, 0.1) is 6.92 Å². The molecular formula is C21H30N6O. The molecule has 0 unspecified atom stereocenters. The third-order valence-corrected chi connectivity index (χ3v) is 4.07. The van der Waals surface area contributed by atoms with Crippen molar-refractivity contribution in [1.82, 2.24) is 25.2 Å². The van der Waals surface area contributed by atoms with Crippen molar-refractivity contribution in [2.75, 3.05) is 13.1 Å². The number of aryl methyl sites for hydroxylation is 1. The third kappa shape index (κ3) is 5.72. The SMILES string of the molecule is C=C(N)NCCCNCc1ccc(-n2cc3cc(C)[nH]c3nc2=O)cc1.CC. The molecule has 0 spiro atoms. The first-order chi connectivity index (χ1) is 13.5. The third-order valence-electron chi connectivity index (χ3n) is 4.07. The molecule has 0 amide bonds. The van der Waals surface area contributed by atoms with Crippen LogP contribution < -0.4 is 22.1 Å². The van der Waals surface area contributed by atoms with Gasteiger partial charge in [-0.15, -0.1) is 0 Å². The number of aromatic nitrogens is 3. The number of rotatable bonds is 8. The van der Waals surface area contributed by atoms with Crippen molar-refractivity contribution >= 4 is 11.0 Å². The van der Waals surface area contributed by atoms with Crippen molar-refractivity contribution < 1.29 is 0 Å². The van der Waals surface area contributed by atoms with Gasteiger partial charge in [-0.25, -0.2) is 4.79 Å². The number of nitrogens with zero attached hydrogens (tertiary/aromatic N) is 2. The number of nitrogens with two attached hydrogens (primary N) is 1. The van der Waals surface area contributed by atoms with Gasteiger partial charge in [-0.1, -0.05) is 32.6 Å². The molecule has 3 aromatic rings. The average Bonchev–Trinajstić information content (AvgIpc) is 3.04. The largest absolute Gasteiger partial charge is 0.386 e. The Morgan fingerprint density at radius 2 is 1.96 bits per heavy atom. The quantitative estimate of drug-likeness (QED) is 0.449. The second-order valence-corrected chi connectivity index (χ2v) is 6.30. The van der Waals surface area contributed by atoms with E-state index < -0.39 is 0 Å². The van der Waals surface area contributed by atoms with Gasteiger partial charge in [0.15, 0.2) is 0 Å². The molecule has 0 aliphatic rings. The predicted molar refractivity (Wildman–Crippen MR) is 115 cm³/mol. The molecule has 2 heterocycles. The summed E-state index contributed by atoms with van der Waals surface area (Å²) in [7, 11) is 0. The second kappa shape index (κ2) is 10.3. The number of nitrogens with one attached hydrogen (secondary N) is 3. The number of benzene rings is 1. The van der Waals surface area contributed by atoms with Crippen LogP contribution >= 0.6 is 0 Å². The molecule has 7 nitrogen and oxygen atoms in total. The van der Waals surface area contributed by atoms with Crippen LogP contribution in [-0.2, 0) is 6.54 Å². The normalized spacial score (nSPS) is 10.4. The van der Waals surface area contributed by atoms with E-state index in [1.165, 1.54) is 0 Å². The highest BCUT2D eigenvalue weighted by molar-refractivity contribution is 5.75. The van der Waals surface area contributed by atoms with Gasteiger partial charge in [-0.05, 0) is 43.7 Å². The molecule has 150 valence electrons. The van der Waals surface area contributed by atoms with Crippen LogP contribution in [0.15, 0.2) is 53.7 Å². The molecule has 0 aliphatic heterocycles. The maximum atomic E-state index is 12.2. The number of aromatic amines is 1. The van der Waals surface area contributed by atoms with E-state index in [1.54, 1.807) is 4.57 Å². The lowest BCUT2D eigenvalue weighted by atomic mass is 10.2. The van der Waals surface area contributed by atoms with E-state index in [-0.39, 0.29) is 5.69 Å². The minimum absolute atomic E-state index is 0.292. The second-order valence-electron chi connectivity index (χ2n) is 6.30. The van der Waals surface area contributed by atoms with Crippen molar-refractivity contribution in [3.8, 4) is 5.69 Å². The fourth-order valence-electron chi connectivity index (χ4n) is 2.79. The zero-order chi connectivity index (χ0) is 20.5. The molecule has 5 N–H and O–H groups in total. The number of hydrogen-bond donors (Lipinski definition) is 4. The lowest BCUT2D eigenvalue weighted by Gasteiger charge is -2.08. The fraction of sp³-hybridized carbons (Fsp3) is 0.333. The van der Waals surface area contributed by atoms with Gasteiger partial charge in [0.2, 0.25) is 0 Å². The van der Waals surface area contributed by atoms with Crippen molar-refractivity contribution in [3.63, 3.8) is 0 Å². The molecule has 1 aromatic carbocycles. The summed E-state index contributed by atoms with van der Waals surface area (Å²) in [6.07, 6.45) is 2.78.